The summed E-state index contributed by atoms with van der Waals surface area (Å²) in [5.74, 6) is -2.20. The van der Waals surface area contributed by atoms with E-state index in [1.54, 1.807) is 0 Å². The molecule has 0 spiro atoms. The van der Waals surface area contributed by atoms with E-state index >= 15 is 0 Å². The molecule has 0 aliphatic carbocycles. The number of hydrogen-bond donors (Lipinski definition) is 1. The van der Waals surface area contributed by atoms with Crippen molar-refractivity contribution in [3.63, 3.8) is 0 Å². The summed E-state index contributed by atoms with van der Waals surface area (Å²) in [6, 6.07) is 5.25. The molecule has 0 aromatic heterocycles. The van der Waals surface area contributed by atoms with Crippen molar-refractivity contribution < 1.29 is 17.9 Å². The van der Waals surface area contributed by atoms with Gasteiger partial charge in [-0.25, -0.2) is 13.2 Å². The number of rotatable bonds is 3. The van der Waals surface area contributed by atoms with Gasteiger partial charge in [0.05, 0.1) is 17.6 Å². The number of hydrogen-bond acceptors (Lipinski definition) is 2. The first kappa shape index (κ1) is 14.9. The molecule has 106 valence electrons. The second-order valence-corrected chi connectivity index (χ2v) is 5.01. The minimum atomic E-state index is -0.988. The zero-order chi connectivity index (χ0) is 14.9. The maximum absolute atomic E-state index is 13.5. The van der Waals surface area contributed by atoms with Gasteiger partial charge in [-0.1, -0.05) is 6.07 Å². The van der Waals surface area contributed by atoms with Crippen LogP contribution in [0.1, 0.15) is 17.2 Å². The standard InChI is InChI=1S/C14H11BrF3NO/c1-20-13-6-11(17)9(15)5-8(13)14(19)7-2-3-10(16)12(18)4-7/h2-6,14H,19H2,1H3. The molecule has 2 N–H and O–H groups in total. The number of benzene rings is 2. The molecule has 2 aromatic carbocycles. The average Bonchev–Trinajstić information content (AvgIpc) is 2.43. The highest BCUT2D eigenvalue weighted by molar-refractivity contribution is 9.10. The fourth-order valence-corrected chi connectivity index (χ4v) is 2.21. The highest BCUT2D eigenvalue weighted by atomic mass is 79.9. The molecule has 0 radical (unpaired) electrons. The summed E-state index contributed by atoms with van der Waals surface area (Å²) in [6.07, 6.45) is 0. The zero-order valence-corrected chi connectivity index (χ0v) is 12.0. The fourth-order valence-electron chi connectivity index (χ4n) is 1.85. The molecular formula is C14H11BrF3NO. The first-order valence-electron chi connectivity index (χ1n) is 5.67. The molecule has 0 fully saturated rings. The van der Waals surface area contributed by atoms with Gasteiger partial charge in [-0.05, 0) is 39.7 Å². The van der Waals surface area contributed by atoms with Crippen LogP contribution in [0.2, 0.25) is 0 Å². The van der Waals surface area contributed by atoms with E-state index in [4.69, 9.17) is 10.5 Å². The Kier molecular flexibility index (Phi) is 4.35. The molecule has 20 heavy (non-hydrogen) atoms. The molecule has 0 amide bonds. The van der Waals surface area contributed by atoms with Crippen molar-refractivity contribution in [1.29, 1.82) is 0 Å². The van der Waals surface area contributed by atoms with Crippen LogP contribution in [0, 0.1) is 17.5 Å². The van der Waals surface area contributed by atoms with Gasteiger partial charge >= 0.3 is 0 Å². The van der Waals surface area contributed by atoms with Crippen molar-refractivity contribution >= 4 is 15.9 Å². The molecule has 2 nitrogen and oxygen atoms in total. The van der Waals surface area contributed by atoms with Gasteiger partial charge in [-0.15, -0.1) is 0 Å². The monoisotopic (exact) mass is 345 g/mol. The van der Waals surface area contributed by atoms with Crippen LogP contribution >= 0.6 is 15.9 Å². The number of methoxy groups -OCH3 is 1. The van der Waals surface area contributed by atoms with Crippen LogP contribution in [0.25, 0.3) is 0 Å². The highest BCUT2D eigenvalue weighted by Gasteiger charge is 2.18. The van der Waals surface area contributed by atoms with Gasteiger partial charge in [0.15, 0.2) is 11.6 Å². The summed E-state index contributed by atoms with van der Waals surface area (Å²) in [5.41, 5.74) is 6.84. The highest BCUT2D eigenvalue weighted by Crippen LogP contribution is 2.33. The van der Waals surface area contributed by atoms with Gasteiger partial charge in [0.1, 0.15) is 11.6 Å². The van der Waals surface area contributed by atoms with Gasteiger partial charge in [0.25, 0.3) is 0 Å². The maximum atomic E-state index is 13.5. The molecule has 0 bridgehead atoms. The van der Waals surface area contributed by atoms with E-state index in [0.717, 1.165) is 12.1 Å². The largest absolute Gasteiger partial charge is 0.496 e. The van der Waals surface area contributed by atoms with Gasteiger partial charge in [-0.3, -0.25) is 0 Å². The molecule has 0 aliphatic heterocycles. The lowest BCUT2D eigenvalue weighted by Gasteiger charge is -2.17. The van der Waals surface area contributed by atoms with Gasteiger partial charge in [0, 0.05) is 11.6 Å². The first-order valence-corrected chi connectivity index (χ1v) is 6.46. The SMILES string of the molecule is COc1cc(F)c(Br)cc1C(N)c1ccc(F)c(F)c1. The van der Waals surface area contributed by atoms with Crippen LogP contribution in [0.3, 0.4) is 0 Å². The average molecular weight is 346 g/mol. The predicted octanol–water partition coefficient (Wildman–Crippen LogP) is 3.92. The zero-order valence-electron chi connectivity index (χ0n) is 10.5. The van der Waals surface area contributed by atoms with Crippen molar-refractivity contribution in [2.24, 2.45) is 5.73 Å². The van der Waals surface area contributed by atoms with Crippen LogP contribution < -0.4 is 10.5 Å². The molecule has 2 rings (SSSR count). The lowest BCUT2D eigenvalue weighted by molar-refractivity contribution is 0.403. The molecule has 6 heteroatoms. The third kappa shape index (κ3) is 2.81. The lowest BCUT2D eigenvalue weighted by atomic mass is 9.98. The van der Waals surface area contributed by atoms with Crippen molar-refractivity contribution in [2.75, 3.05) is 7.11 Å². The van der Waals surface area contributed by atoms with Gasteiger partial charge in [0.2, 0.25) is 0 Å². The summed E-state index contributed by atoms with van der Waals surface area (Å²) in [7, 11) is 1.38. The van der Waals surface area contributed by atoms with Crippen molar-refractivity contribution in [1.82, 2.24) is 0 Å². The fraction of sp³-hybridized carbons (Fsp3) is 0.143. The topological polar surface area (TPSA) is 35.2 Å². The minimum Gasteiger partial charge on any atom is -0.496 e. The number of nitrogens with two attached hydrogens (primary N) is 1. The summed E-state index contributed by atoms with van der Waals surface area (Å²) in [6.45, 7) is 0. The Balaban J connectivity index is 2.49. The second-order valence-electron chi connectivity index (χ2n) is 4.16. The van der Waals surface area contributed by atoms with Crippen molar-refractivity contribution in [3.8, 4) is 5.75 Å². The lowest BCUT2D eigenvalue weighted by Crippen LogP contribution is -2.14. The summed E-state index contributed by atoms with van der Waals surface area (Å²) < 4.78 is 44.9. The quantitative estimate of drug-likeness (QED) is 0.914. The predicted molar refractivity (Wildman–Crippen MR) is 73.0 cm³/mol. The van der Waals surface area contributed by atoms with Crippen LogP contribution in [0.5, 0.6) is 5.75 Å². The Hall–Kier alpha value is -1.53. The van der Waals surface area contributed by atoms with Crippen LogP contribution in [0.15, 0.2) is 34.8 Å². The Bertz CT molecular complexity index is 649. The summed E-state index contributed by atoms with van der Waals surface area (Å²) >= 11 is 3.06. The molecule has 2 aromatic rings. The molecule has 0 saturated heterocycles. The Morgan fingerprint density at radius 3 is 2.35 bits per heavy atom. The molecular weight excluding hydrogens is 335 g/mol. The van der Waals surface area contributed by atoms with Crippen LogP contribution in [-0.4, -0.2) is 7.11 Å². The van der Waals surface area contributed by atoms with Crippen LogP contribution in [0.4, 0.5) is 13.2 Å². The maximum Gasteiger partial charge on any atom is 0.159 e. The van der Waals surface area contributed by atoms with E-state index in [9.17, 15) is 13.2 Å². The third-order valence-electron chi connectivity index (χ3n) is 2.91. The number of ether oxygens (including phenoxy) is 1. The van der Waals surface area contributed by atoms with Gasteiger partial charge in [-0.2, -0.15) is 0 Å². The molecule has 0 saturated carbocycles. The number of halogens is 4. The second kappa shape index (κ2) is 5.85. The molecule has 0 heterocycles. The van der Waals surface area contributed by atoms with E-state index in [2.05, 4.69) is 15.9 Å². The van der Waals surface area contributed by atoms with Crippen molar-refractivity contribution in [2.45, 2.75) is 6.04 Å². The summed E-state index contributed by atoms with van der Waals surface area (Å²) in [4.78, 5) is 0. The summed E-state index contributed by atoms with van der Waals surface area (Å²) in [5, 5.41) is 0. The Labute approximate surface area is 122 Å². The molecule has 0 aliphatic rings. The van der Waals surface area contributed by atoms with E-state index in [0.29, 0.717) is 11.1 Å². The molecule has 1 unspecified atom stereocenters. The van der Waals surface area contributed by atoms with Gasteiger partial charge < -0.3 is 10.5 Å². The van der Waals surface area contributed by atoms with E-state index in [-0.39, 0.29) is 10.2 Å². The molecule has 1 atom stereocenters. The third-order valence-corrected chi connectivity index (χ3v) is 3.52. The van der Waals surface area contributed by atoms with Crippen molar-refractivity contribution in [3.05, 3.63) is 63.4 Å². The van der Waals surface area contributed by atoms with E-state index in [1.165, 1.54) is 25.3 Å². The minimum absolute atomic E-state index is 0.214. The first-order chi connectivity index (χ1) is 9.43. The van der Waals surface area contributed by atoms with E-state index < -0.39 is 23.5 Å². The van der Waals surface area contributed by atoms with Crippen LogP contribution in [-0.2, 0) is 0 Å². The normalized spacial score (nSPS) is 12.3. The smallest absolute Gasteiger partial charge is 0.159 e. The van der Waals surface area contributed by atoms with E-state index in [1.807, 2.05) is 0 Å². The Morgan fingerprint density at radius 1 is 1.05 bits per heavy atom. The Morgan fingerprint density at radius 2 is 1.75 bits per heavy atom.